The molecule has 2 heterocycles. The van der Waals surface area contributed by atoms with Gasteiger partial charge in [0.05, 0.1) is 0 Å². The Morgan fingerprint density at radius 3 is 2.88 bits per heavy atom. The first-order valence-corrected chi connectivity index (χ1v) is 4.37. The van der Waals surface area contributed by atoms with E-state index in [0.29, 0.717) is 5.82 Å². The summed E-state index contributed by atoms with van der Waals surface area (Å²) < 4.78 is 1.31. The molecule has 0 aliphatic carbocycles. The summed E-state index contributed by atoms with van der Waals surface area (Å²) >= 11 is 0. The van der Waals surface area contributed by atoms with E-state index in [9.17, 15) is 4.79 Å². The minimum Gasteiger partial charge on any atom is -0.476 e. The highest BCUT2D eigenvalue weighted by molar-refractivity contribution is 5.85. The molecular formula is C10H6N4O2. The van der Waals surface area contributed by atoms with Gasteiger partial charge in [-0.15, -0.1) is 0 Å². The predicted molar refractivity (Wildman–Crippen MR) is 53.0 cm³/mol. The van der Waals surface area contributed by atoms with Crippen LogP contribution < -0.4 is 0 Å². The normalized spacial score (nSPS) is 9.69. The minimum atomic E-state index is -1.10. The second kappa shape index (κ2) is 3.82. The first kappa shape index (κ1) is 9.86. The fourth-order valence-corrected chi connectivity index (χ4v) is 1.18. The molecule has 0 spiro atoms. The van der Waals surface area contributed by atoms with Gasteiger partial charge in [-0.05, 0) is 18.2 Å². The zero-order valence-electron chi connectivity index (χ0n) is 8.03. The van der Waals surface area contributed by atoms with E-state index in [2.05, 4.69) is 10.1 Å². The molecule has 0 saturated heterocycles. The average Bonchev–Trinajstić information content (AvgIpc) is 2.78. The van der Waals surface area contributed by atoms with Crippen LogP contribution in [-0.4, -0.2) is 25.8 Å². The molecule has 0 amide bonds. The SMILES string of the molecule is N#Cc1cccc(-n2ccc(C(=O)O)n2)n1. The van der Waals surface area contributed by atoms with Gasteiger partial charge in [0.25, 0.3) is 0 Å². The first-order chi connectivity index (χ1) is 7.70. The molecule has 2 rings (SSSR count). The zero-order valence-corrected chi connectivity index (χ0v) is 8.03. The van der Waals surface area contributed by atoms with Crippen molar-refractivity contribution in [2.24, 2.45) is 0 Å². The largest absolute Gasteiger partial charge is 0.476 e. The van der Waals surface area contributed by atoms with Gasteiger partial charge in [0, 0.05) is 6.20 Å². The Kier molecular flexibility index (Phi) is 2.36. The van der Waals surface area contributed by atoms with Crippen LogP contribution in [0.3, 0.4) is 0 Å². The van der Waals surface area contributed by atoms with Gasteiger partial charge in [-0.2, -0.15) is 10.4 Å². The molecular weight excluding hydrogens is 208 g/mol. The highest BCUT2D eigenvalue weighted by atomic mass is 16.4. The molecule has 0 unspecified atom stereocenters. The van der Waals surface area contributed by atoms with Crippen LogP contribution in [0, 0.1) is 11.3 Å². The second-order valence-electron chi connectivity index (χ2n) is 2.94. The van der Waals surface area contributed by atoms with Crippen LogP contribution in [0.2, 0.25) is 0 Å². The van der Waals surface area contributed by atoms with Crippen LogP contribution in [-0.2, 0) is 0 Å². The van der Waals surface area contributed by atoms with Crippen molar-refractivity contribution in [1.82, 2.24) is 14.8 Å². The Hall–Kier alpha value is -2.68. The smallest absolute Gasteiger partial charge is 0.356 e. The summed E-state index contributed by atoms with van der Waals surface area (Å²) in [5, 5.41) is 21.2. The Bertz CT molecular complexity index is 583. The van der Waals surface area contributed by atoms with E-state index in [0.717, 1.165) is 0 Å². The molecule has 0 radical (unpaired) electrons. The number of carbonyl (C=O) groups is 1. The number of carboxylic acids is 1. The highest BCUT2D eigenvalue weighted by Crippen LogP contribution is 2.05. The van der Waals surface area contributed by atoms with Crippen molar-refractivity contribution in [2.45, 2.75) is 0 Å². The molecule has 2 aromatic rings. The van der Waals surface area contributed by atoms with E-state index >= 15 is 0 Å². The minimum absolute atomic E-state index is 0.0656. The van der Waals surface area contributed by atoms with Crippen molar-refractivity contribution in [3.63, 3.8) is 0 Å². The molecule has 0 atom stereocenters. The summed E-state index contributed by atoms with van der Waals surface area (Å²) in [6.45, 7) is 0. The van der Waals surface area contributed by atoms with Gasteiger partial charge in [0.2, 0.25) is 0 Å². The van der Waals surface area contributed by atoms with Gasteiger partial charge in [-0.1, -0.05) is 6.07 Å². The molecule has 0 bridgehead atoms. The number of pyridine rings is 1. The van der Waals surface area contributed by atoms with Crippen LogP contribution >= 0.6 is 0 Å². The quantitative estimate of drug-likeness (QED) is 0.799. The van der Waals surface area contributed by atoms with Crippen LogP contribution in [0.5, 0.6) is 0 Å². The lowest BCUT2D eigenvalue weighted by Gasteiger charge is -1.99. The first-order valence-electron chi connectivity index (χ1n) is 4.37. The van der Waals surface area contributed by atoms with E-state index < -0.39 is 5.97 Å². The number of hydrogen-bond donors (Lipinski definition) is 1. The highest BCUT2D eigenvalue weighted by Gasteiger charge is 2.08. The molecule has 0 aromatic carbocycles. The van der Waals surface area contributed by atoms with E-state index in [1.807, 2.05) is 6.07 Å². The number of rotatable bonds is 2. The Balaban J connectivity index is 2.43. The molecule has 0 fully saturated rings. The number of aromatic nitrogens is 3. The molecule has 6 heteroatoms. The van der Waals surface area contributed by atoms with Crippen LogP contribution in [0.1, 0.15) is 16.2 Å². The van der Waals surface area contributed by atoms with E-state index in [-0.39, 0.29) is 11.4 Å². The van der Waals surface area contributed by atoms with Crippen molar-refractivity contribution in [1.29, 1.82) is 5.26 Å². The Morgan fingerprint density at radius 2 is 2.25 bits per heavy atom. The van der Waals surface area contributed by atoms with Crippen LogP contribution in [0.15, 0.2) is 30.5 Å². The lowest BCUT2D eigenvalue weighted by molar-refractivity contribution is 0.0690. The maximum atomic E-state index is 10.6. The molecule has 0 saturated carbocycles. The summed E-state index contributed by atoms with van der Waals surface area (Å²) in [6, 6.07) is 8.12. The van der Waals surface area contributed by atoms with Crippen molar-refractivity contribution in [3.8, 4) is 11.9 Å². The summed E-state index contributed by atoms with van der Waals surface area (Å²) in [7, 11) is 0. The average molecular weight is 214 g/mol. The van der Waals surface area contributed by atoms with E-state index in [4.69, 9.17) is 10.4 Å². The number of nitriles is 1. The van der Waals surface area contributed by atoms with Crippen LogP contribution in [0.25, 0.3) is 5.82 Å². The van der Waals surface area contributed by atoms with E-state index in [1.54, 1.807) is 18.2 Å². The van der Waals surface area contributed by atoms with Crippen molar-refractivity contribution < 1.29 is 9.90 Å². The Morgan fingerprint density at radius 1 is 1.44 bits per heavy atom. The van der Waals surface area contributed by atoms with Gasteiger partial charge in [-0.25, -0.2) is 14.5 Å². The maximum Gasteiger partial charge on any atom is 0.356 e. The molecule has 16 heavy (non-hydrogen) atoms. The summed E-state index contributed by atoms with van der Waals surface area (Å²) in [5.74, 6) is -0.693. The predicted octanol–water partition coefficient (Wildman–Crippen LogP) is 0.837. The standard InChI is InChI=1S/C10H6N4O2/c11-6-7-2-1-3-9(12-7)14-5-4-8(13-14)10(15)16/h1-5H,(H,15,16). The molecule has 0 aliphatic heterocycles. The third kappa shape index (κ3) is 1.74. The third-order valence-corrected chi connectivity index (χ3v) is 1.89. The fraction of sp³-hybridized carbons (Fsp3) is 0. The number of carboxylic acid groups (broad SMARTS) is 1. The lowest BCUT2D eigenvalue weighted by atomic mass is 10.4. The monoisotopic (exact) mass is 214 g/mol. The summed E-state index contributed by atoms with van der Waals surface area (Å²) in [5.41, 5.74) is 0.189. The Labute approximate surface area is 90.4 Å². The molecule has 78 valence electrons. The maximum absolute atomic E-state index is 10.6. The zero-order chi connectivity index (χ0) is 11.5. The van der Waals surface area contributed by atoms with Gasteiger partial charge in [-0.3, -0.25) is 0 Å². The molecule has 6 nitrogen and oxygen atoms in total. The second-order valence-corrected chi connectivity index (χ2v) is 2.94. The van der Waals surface area contributed by atoms with Crippen molar-refractivity contribution in [2.75, 3.05) is 0 Å². The van der Waals surface area contributed by atoms with Gasteiger partial charge < -0.3 is 5.11 Å². The third-order valence-electron chi connectivity index (χ3n) is 1.89. The van der Waals surface area contributed by atoms with Gasteiger partial charge in [0.15, 0.2) is 11.5 Å². The topological polar surface area (TPSA) is 91.8 Å². The van der Waals surface area contributed by atoms with Crippen LogP contribution in [0.4, 0.5) is 0 Å². The molecule has 1 N–H and O–H groups in total. The number of aromatic carboxylic acids is 1. The molecule has 0 aliphatic rings. The summed E-state index contributed by atoms with van der Waals surface area (Å²) in [4.78, 5) is 14.6. The lowest BCUT2D eigenvalue weighted by Crippen LogP contribution is -2.03. The molecule has 2 aromatic heterocycles. The summed E-state index contributed by atoms with van der Waals surface area (Å²) in [6.07, 6.45) is 1.48. The van der Waals surface area contributed by atoms with E-state index in [1.165, 1.54) is 16.9 Å². The number of hydrogen-bond acceptors (Lipinski definition) is 4. The fourth-order valence-electron chi connectivity index (χ4n) is 1.18. The van der Waals surface area contributed by atoms with Crippen molar-refractivity contribution in [3.05, 3.63) is 41.9 Å². The van der Waals surface area contributed by atoms with Gasteiger partial charge >= 0.3 is 5.97 Å². The van der Waals surface area contributed by atoms with Crippen molar-refractivity contribution >= 4 is 5.97 Å². The number of nitrogens with zero attached hydrogens (tertiary/aromatic N) is 4. The van der Waals surface area contributed by atoms with Gasteiger partial charge in [0.1, 0.15) is 11.8 Å².